The van der Waals surface area contributed by atoms with Crippen LogP contribution < -0.4 is 14.8 Å². The molecule has 1 N–H and O–H groups in total. The first-order chi connectivity index (χ1) is 14.3. The second kappa shape index (κ2) is 9.44. The molecule has 1 heterocycles. The Morgan fingerprint density at radius 2 is 1.70 bits per heavy atom. The fraction of sp³-hybridized carbons (Fsp3) is 0.381. The zero-order valence-electron chi connectivity index (χ0n) is 16.9. The molecule has 0 aliphatic carbocycles. The van der Waals surface area contributed by atoms with Crippen molar-refractivity contribution in [2.24, 2.45) is 5.92 Å². The second-order valence-corrected chi connectivity index (χ2v) is 8.98. The van der Waals surface area contributed by atoms with Gasteiger partial charge in [0.15, 0.2) is 11.5 Å². The van der Waals surface area contributed by atoms with Gasteiger partial charge < -0.3 is 14.8 Å². The van der Waals surface area contributed by atoms with Crippen molar-refractivity contribution in [3.05, 3.63) is 53.8 Å². The monoisotopic (exact) mass is 436 g/mol. The molecule has 1 fully saturated rings. The first-order valence-electron chi connectivity index (χ1n) is 9.59. The highest BCUT2D eigenvalue weighted by Gasteiger charge is 2.32. The summed E-state index contributed by atoms with van der Waals surface area (Å²) < 4.78 is 50.6. The van der Waals surface area contributed by atoms with Gasteiger partial charge >= 0.3 is 0 Å². The zero-order valence-corrected chi connectivity index (χ0v) is 17.7. The number of benzene rings is 2. The molecule has 0 atom stereocenters. The number of ether oxygens (including phenoxy) is 2. The molecule has 2 aromatic rings. The number of nitrogens with zero attached hydrogens (tertiary/aromatic N) is 1. The lowest BCUT2D eigenvalue weighted by atomic mass is 9.97. The van der Waals surface area contributed by atoms with Crippen molar-refractivity contribution in [1.82, 2.24) is 9.62 Å². The third-order valence-electron chi connectivity index (χ3n) is 5.20. The summed E-state index contributed by atoms with van der Waals surface area (Å²) in [5.41, 5.74) is 0.804. The topological polar surface area (TPSA) is 84.9 Å². The number of hydrogen-bond acceptors (Lipinski definition) is 5. The molecule has 0 unspecified atom stereocenters. The molecule has 0 radical (unpaired) electrons. The number of nitrogens with one attached hydrogen (secondary N) is 1. The maximum absolute atomic E-state index is 13.0. The Bertz CT molecular complexity index is 987. The van der Waals surface area contributed by atoms with Crippen molar-refractivity contribution in [3.8, 4) is 11.5 Å². The first kappa shape index (κ1) is 22.0. The van der Waals surface area contributed by atoms with Crippen LogP contribution in [-0.2, 0) is 21.4 Å². The Labute approximate surface area is 175 Å². The molecule has 3 rings (SSSR count). The molecule has 2 aromatic carbocycles. The van der Waals surface area contributed by atoms with Crippen LogP contribution in [-0.4, -0.2) is 45.9 Å². The zero-order chi connectivity index (χ0) is 21.7. The van der Waals surface area contributed by atoms with E-state index in [0.29, 0.717) is 30.9 Å². The molecule has 0 aromatic heterocycles. The summed E-state index contributed by atoms with van der Waals surface area (Å²) in [4.78, 5) is 12.6. The molecule has 1 aliphatic rings. The van der Waals surface area contributed by atoms with E-state index < -0.39 is 10.0 Å². The van der Waals surface area contributed by atoms with Crippen molar-refractivity contribution >= 4 is 15.9 Å². The maximum Gasteiger partial charge on any atom is 0.243 e. The van der Waals surface area contributed by atoms with Gasteiger partial charge in [0.05, 0.1) is 19.1 Å². The fourth-order valence-corrected chi connectivity index (χ4v) is 4.91. The van der Waals surface area contributed by atoms with Crippen molar-refractivity contribution in [2.75, 3.05) is 27.3 Å². The average molecular weight is 437 g/mol. The minimum Gasteiger partial charge on any atom is -0.493 e. The summed E-state index contributed by atoms with van der Waals surface area (Å²) in [5, 5.41) is 2.84. The summed E-state index contributed by atoms with van der Waals surface area (Å²) in [5.74, 6) is 0.0829. The number of piperidine rings is 1. The summed E-state index contributed by atoms with van der Waals surface area (Å²) in [6.07, 6.45) is 0.865. The van der Waals surface area contributed by atoms with Crippen LogP contribution in [0, 0.1) is 11.7 Å². The molecule has 1 amide bonds. The predicted octanol–water partition coefficient (Wildman–Crippen LogP) is 2.56. The van der Waals surface area contributed by atoms with E-state index in [2.05, 4.69) is 5.32 Å². The van der Waals surface area contributed by atoms with Crippen LogP contribution in [0.3, 0.4) is 0 Å². The number of amides is 1. The molecule has 162 valence electrons. The van der Waals surface area contributed by atoms with Gasteiger partial charge in [-0.3, -0.25) is 4.79 Å². The molecule has 0 spiro atoms. The second-order valence-electron chi connectivity index (χ2n) is 7.04. The maximum atomic E-state index is 13.0. The highest BCUT2D eigenvalue weighted by Crippen LogP contribution is 2.32. The van der Waals surface area contributed by atoms with Gasteiger partial charge in [-0.25, -0.2) is 12.8 Å². The molecule has 0 saturated carbocycles. The summed E-state index contributed by atoms with van der Waals surface area (Å²) in [7, 11) is -0.765. The standard InChI is InChI=1S/C21H25FN2O5S/c1-28-19-8-7-18(13-20(19)29-2)30(26,27)24-11-9-16(10-12-24)21(25)23-14-15-3-5-17(22)6-4-15/h3-8,13,16H,9-12,14H2,1-2H3,(H,23,25). The van der Waals surface area contributed by atoms with Crippen LogP contribution in [0.2, 0.25) is 0 Å². The summed E-state index contributed by atoms with van der Waals surface area (Å²) >= 11 is 0. The molecular weight excluding hydrogens is 411 g/mol. The Morgan fingerprint density at radius 3 is 2.30 bits per heavy atom. The number of sulfonamides is 1. The van der Waals surface area contributed by atoms with Crippen molar-refractivity contribution in [3.63, 3.8) is 0 Å². The van der Waals surface area contributed by atoms with Crippen LogP contribution >= 0.6 is 0 Å². The van der Waals surface area contributed by atoms with E-state index in [1.807, 2.05) is 0 Å². The highest BCUT2D eigenvalue weighted by atomic mass is 32.2. The van der Waals surface area contributed by atoms with E-state index in [1.165, 1.54) is 42.8 Å². The van der Waals surface area contributed by atoms with Crippen LogP contribution in [0.5, 0.6) is 11.5 Å². The Balaban J connectivity index is 1.58. The Hall–Kier alpha value is -2.65. The van der Waals surface area contributed by atoms with Gasteiger partial charge in [-0.05, 0) is 42.7 Å². The lowest BCUT2D eigenvalue weighted by Gasteiger charge is -2.30. The van der Waals surface area contributed by atoms with E-state index >= 15 is 0 Å². The molecule has 1 aliphatic heterocycles. The molecular formula is C21H25FN2O5S. The van der Waals surface area contributed by atoms with Gasteiger partial charge in [-0.2, -0.15) is 4.31 Å². The van der Waals surface area contributed by atoms with E-state index in [1.54, 1.807) is 18.2 Å². The Morgan fingerprint density at radius 1 is 1.07 bits per heavy atom. The minimum atomic E-state index is -3.70. The van der Waals surface area contributed by atoms with Crippen LogP contribution in [0.25, 0.3) is 0 Å². The van der Waals surface area contributed by atoms with Crippen molar-refractivity contribution in [2.45, 2.75) is 24.3 Å². The number of carbonyl (C=O) groups is 1. The van der Waals surface area contributed by atoms with Gasteiger partial charge in [-0.15, -0.1) is 0 Å². The molecule has 7 nitrogen and oxygen atoms in total. The Kier molecular flexibility index (Phi) is 6.94. The van der Waals surface area contributed by atoms with Gasteiger partial charge in [0.1, 0.15) is 5.82 Å². The molecule has 0 bridgehead atoms. The van der Waals surface area contributed by atoms with Crippen molar-refractivity contribution in [1.29, 1.82) is 0 Å². The quantitative estimate of drug-likeness (QED) is 0.721. The smallest absolute Gasteiger partial charge is 0.243 e. The summed E-state index contributed by atoms with van der Waals surface area (Å²) in [6, 6.07) is 10.4. The van der Waals surface area contributed by atoms with Gasteiger partial charge in [0, 0.05) is 31.6 Å². The largest absolute Gasteiger partial charge is 0.493 e. The number of carbonyl (C=O) groups excluding carboxylic acids is 1. The lowest BCUT2D eigenvalue weighted by molar-refractivity contribution is -0.126. The third kappa shape index (κ3) is 4.91. The third-order valence-corrected chi connectivity index (χ3v) is 7.09. The van der Waals surface area contributed by atoms with Crippen LogP contribution in [0.1, 0.15) is 18.4 Å². The van der Waals surface area contributed by atoms with Gasteiger partial charge in [0.25, 0.3) is 0 Å². The minimum absolute atomic E-state index is 0.123. The summed E-state index contributed by atoms with van der Waals surface area (Å²) in [6.45, 7) is 0.819. The van der Waals surface area contributed by atoms with Crippen molar-refractivity contribution < 1.29 is 27.1 Å². The predicted molar refractivity (Wildman–Crippen MR) is 109 cm³/mol. The fourth-order valence-electron chi connectivity index (χ4n) is 3.42. The van der Waals surface area contributed by atoms with E-state index in [9.17, 15) is 17.6 Å². The number of hydrogen-bond donors (Lipinski definition) is 1. The normalized spacial score (nSPS) is 15.6. The first-order valence-corrected chi connectivity index (χ1v) is 11.0. The molecule has 1 saturated heterocycles. The highest BCUT2D eigenvalue weighted by molar-refractivity contribution is 7.89. The van der Waals surface area contributed by atoms with E-state index in [0.717, 1.165) is 5.56 Å². The SMILES string of the molecule is COc1ccc(S(=O)(=O)N2CCC(C(=O)NCc3ccc(F)cc3)CC2)cc1OC. The van der Waals surface area contributed by atoms with Gasteiger partial charge in [-0.1, -0.05) is 12.1 Å². The molecule has 30 heavy (non-hydrogen) atoms. The van der Waals surface area contributed by atoms with E-state index in [-0.39, 0.29) is 35.6 Å². The van der Waals surface area contributed by atoms with Crippen LogP contribution in [0.4, 0.5) is 4.39 Å². The number of halogens is 1. The molecule has 9 heteroatoms. The van der Waals surface area contributed by atoms with E-state index in [4.69, 9.17) is 9.47 Å². The lowest BCUT2D eigenvalue weighted by Crippen LogP contribution is -2.42. The van der Waals surface area contributed by atoms with Gasteiger partial charge in [0.2, 0.25) is 15.9 Å². The van der Waals surface area contributed by atoms with Crippen LogP contribution in [0.15, 0.2) is 47.4 Å². The number of methoxy groups -OCH3 is 2. The number of rotatable bonds is 7. The average Bonchev–Trinajstić information content (AvgIpc) is 2.78.